The van der Waals surface area contributed by atoms with Crippen molar-refractivity contribution in [2.24, 2.45) is 0 Å². The van der Waals surface area contributed by atoms with Gasteiger partial charge in [0, 0.05) is 57.8 Å². The first kappa shape index (κ1) is 25.3. The molecule has 1 aromatic carbocycles. The van der Waals surface area contributed by atoms with E-state index < -0.39 is 10.0 Å². The normalized spacial score (nSPS) is 18.1. The fourth-order valence-electron chi connectivity index (χ4n) is 4.17. The third-order valence-corrected chi connectivity index (χ3v) is 7.72. The van der Waals surface area contributed by atoms with Crippen LogP contribution in [0.4, 0.5) is 0 Å². The van der Waals surface area contributed by atoms with Gasteiger partial charge < -0.3 is 9.80 Å². The standard InChI is InChI=1S/C23H34N4O5S/c1-19(28)20-6-8-21(9-7-20)33(31,32)24-11-10-22(29)27-16-14-25(15-17-27)18-23(30)26-12-4-2-3-5-13-26/h6-9,24H,2-5,10-18H2,1H3. The Morgan fingerprint density at radius 3 is 1.97 bits per heavy atom. The second kappa shape index (κ2) is 11.7. The number of benzene rings is 1. The Morgan fingerprint density at radius 2 is 1.39 bits per heavy atom. The molecule has 9 nitrogen and oxygen atoms in total. The van der Waals surface area contributed by atoms with Crippen molar-refractivity contribution in [2.45, 2.75) is 43.9 Å². The molecule has 33 heavy (non-hydrogen) atoms. The molecule has 10 heteroatoms. The lowest BCUT2D eigenvalue weighted by atomic mass is 10.2. The van der Waals surface area contributed by atoms with Crippen LogP contribution in [-0.4, -0.2) is 93.1 Å². The second-order valence-electron chi connectivity index (χ2n) is 8.68. The van der Waals surface area contributed by atoms with Crippen molar-refractivity contribution in [1.82, 2.24) is 19.4 Å². The lowest BCUT2D eigenvalue weighted by Gasteiger charge is -2.35. The third-order valence-electron chi connectivity index (χ3n) is 6.24. The van der Waals surface area contributed by atoms with Crippen molar-refractivity contribution in [2.75, 3.05) is 52.4 Å². The van der Waals surface area contributed by atoms with Crippen LogP contribution >= 0.6 is 0 Å². The summed E-state index contributed by atoms with van der Waals surface area (Å²) in [6, 6.07) is 5.71. The number of carbonyl (C=O) groups excluding carboxylic acids is 3. The number of nitrogens with zero attached hydrogens (tertiary/aromatic N) is 3. The molecule has 0 spiro atoms. The molecule has 182 valence electrons. The van der Waals surface area contributed by atoms with Gasteiger partial charge in [0.1, 0.15) is 0 Å². The molecule has 2 fully saturated rings. The summed E-state index contributed by atoms with van der Waals surface area (Å²) in [5, 5.41) is 0. The summed E-state index contributed by atoms with van der Waals surface area (Å²) >= 11 is 0. The first-order chi connectivity index (χ1) is 15.8. The molecular weight excluding hydrogens is 444 g/mol. The van der Waals surface area contributed by atoms with Gasteiger partial charge in [0.05, 0.1) is 11.4 Å². The van der Waals surface area contributed by atoms with E-state index in [9.17, 15) is 22.8 Å². The minimum absolute atomic E-state index is 0.00326. The lowest BCUT2D eigenvalue weighted by molar-refractivity contribution is -0.135. The van der Waals surface area contributed by atoms with Crippen LogP contribution in [0.25, 0.3) is 0 Å². The molecule has 2 heterocycles. The van der Waals surface area contributed by atoms with E-state index in [0.717, 1.165) is 25.9 Å². The number of amides is 2. The molecule has 3 rings (SSSR count). The molecule has 0 aliphatic carbocycles. The summed E-state index contributed by atoms with van der Waals surface area (Å²) in [5.41, 5.74) is 0.441. The van der Waals surface area contributed by atoms with Crippen LogP contribution < -0.4 is 4.72 Å². The summed E-state index contributed by atoms with van der Waals surface area (Å²) in [5.74, 6) is -0.0746. The summed E-state index contributed by atoms with van der Waals surface area (Å²) < 4.78 is 27.3. The Kier molecular flexibility index (Phi) is 8.99. The number of carbonyl (C=O) groups is 3. The zero-order valence-electron chi connectivity index (χ0n) is 19.3. The maximum atomic E-state index is 12.6. The molecule has 0 bridgehead atoms. The van der Waals surface area contributed by atoms with Crippen molar-refractivity contribution in [3.8, 4) is 0 Å². The number of nitrogens with one attached hydrogen (secondary N) is 1. The fourth-order valence-corrected chi connectivity index (χ4v) is 5.20. The van der Waals surface area contributed by atoms with Gasteiger partial charge in [0.25, 0.3) is 0 Å². The molecule has 1 N–H and O–H groups in total. The van der Waals surface area contributed by atoms with Crippen molar-refractivity contribution >= 4 is 27.6 Å². The van der Waals surface area contributed by atoms with Gasteiger partial charge in [0.15, 0.2) is 5.78 Å². The van der Waals surface area contributed by atoms with Crippen LogP contribution in [0.2, 0.25) is 0 Å². The van der Waals surface area contributed by atoms with Crippen molar-refractivity contribution in [3.05, 3.63) is 29.8 Å². The van der Waals surface area contributed by atoms with Gasteiger partial charge in [-0.25, -0.2) is 13.1 Å². The molecule has 2 aliphatic rings. The van der Waals surface area contributed by atoms with Gasteiger partial charge in [-0.2, -0.15) is 0 Å². The molecule has 2 saturated heterocycles. The van der Waals surface area contributed by atoms with Gasteiger partial charge in [-0.1, -0.05) is 25.0 Å². The van der Waals surface area contributed by atoms with Crippen molar-refractivity contribution in [3.63, 3.8) is 0 Å². The average Bonchev–Trinajstić information content (AvgIpc) is 3.09. The van der Waals surface area contributed by atoms with Gasteiger partial charge in [0.2, 0.25) is 21.8 Å². The first-order valence-corrected chi connectivity index (χ1v) is 13.1. The highest BCUT2D eigenvalue weighted by Crippen LogP contribution is 2.13. The zero-order valence-corrected chi connectivity index (χ0v) is 20.1. The van der Waals surface area contributed by atoms with E-state index in [-0.39, 0.29) is 35.5 Å². The van der Waals surface area contributed by atoms with Crippen LogP contribution in [0.1, 0.15) is 49.4 Å². The minimum Gasteiger partial charge on any atom is -0.342 e. The van der Waals surface area contributed by atoms with E-state index in [2.05, 4.69) is 9.62 Å². The highest BCUT2D eigenvalue weighted by molar-refractivity contribution is 7.89. The molecular formula is C23H34N4O5S. The smallest absolute Gasteiger partial charge is 0.240 e. The SMILES string of the molecule is CC(=O)c1ccc(S(=O)(=O)NCCC(=O)N2CCN(CC(=O)N3CCCCCC3)CC2)cc1. The van der Waals surface area contributed by atoms with Gasteiger partial charge in [-0.05, 0) is 31.9 Å². The van der Waals surface area contributed by atoms with Gasteiger partial charge >= 0.3 is 0 Å². The van der Waals surface area contributed by atoms with E-state index >= 15 is 0 Å². The van der Waals surface area contributed by atoms with Crippen molar-refractivity contribution in [1.29, 1.82) is 0 Å². The largest absolute Gasteiger partial charge is 0.342 e. The summed E-state index contributed by atoms with van der Waals surface area (Å²) in [7, 11) is -3.75. The number of sulfonamides is 1. The first-order valence-electron chi connectivity index (χ1n) is 11.6. The Morgan fingerprint density at radius 1 is 0.818 bits per heavy atom. The topological polar surface area (TPSA) is 107 Å². The van der Waals surface area contributed by atoms with E-state index in [1.165, 1.54) is 44.0 Å². The number of hydrogen-bond acceptors (Lipinski definition) is 6. The van der Waals surface area contributed by atoms with Crippen molar-refractivity contribution < 1.29 is 22.8 Å². The van der Waals surface area contributed by atoms with Crippen LogP contribution in [0, 0.1) is 0 Å². The second-order valence-corrected chi connectivity index (χ2v) is 10.4. The molecule has 1 aromatic rings. The quantitative estimate of drug-likeness (QED) is 0.561. The lowest BCUT2D eigenvalue weighted by Crippen LogP contribution is -2.52. The van der Waals surface area contributed by atoms with Gasteiger partial charge in [-0.3, -0.25) is 19.3 Å². The van der Waals surface area contributed by atoms with Crippen LogP contribution in [0.3, 0.4) is 0 Å². The Bertz CT molecular complexity index is 932. The number of likely N-dealkylation sites (tertiary alicyclic amines) is 1. The molecule has 0 radical (unpaired) electrons. The monoisotopic (exact) mass is 478 g/mol. The molecule has 0 aromatic heterocycles. The summed E-state index contributed by atoms with van der Waals surface area (Å²) in [6.45, 7) is 5.84. The number of hydrogen-bond donors (Lipinski definition) is 1. The van der Waals surface area contributed by atoms with Crippen LogP contribution in [-0.2, 0) is 19.6 Å². The average molecular weight is 479 g/mol. The van der Waals surface area contributed by atoms with E-state index in [1.807, 2.05) is 4.90 Å². The maximum absolute atomic E-state index is 12.6. The van der Waals surface area contributed by atoms with Gasteiger partial charge in [-0.15, -0.1) is 0 Å². The number of piperazine rings is 1. The maximum Gasteiger partial charge on any atom is 0.240 e. The van der Waals surface area contributed by atoms with E-state index in [1.54, 1.807) is 4.90 Å². The predicted molar refractivity (Wildman–Crippen MR) is 124 cm³/mol. The number of rotatable bonds is 8. The molecule has 2 amide bonds. The highest BCUT2D eigenvalue weighted by atomic mass is 32.2. The summed E-state index contributed by atoms with van der Waals surface area (Å²) in [6.07, 6.45) is 4.58. The van der Waals surface area contributed by atoms with Crippen LogP contribution in [0.5, 0.6) is 0 Å². The molecule has 2 aliphatic heterocycles. The highest BCUT2D eigenvalue weighted by Gasteiger charge is 2.25. The summed E-state index contributed by atoms with van der Waals surface area (Å²) in [4.78, 5) is 42.2. The van der Waals surface area contributed by atoms with E-state index in [0.29, 0.717) is 38.3 Å². The number of ketones is 1. The molecule has 0 atom stereocenters. The van der Waals surface area contributed by atoms with Crippen LogP contribution in [0.15, 0.2) is 29.2 Å². The Hall–Kier alpha value is -2.30. The minimum atomic E-state index is -3.75. The number of Topliss-reactive ketones (excluding diaryl/α,β-unsaturated/α-hetero) is 1. The fraction of sp³-hybridized carbons (Fsp3) is 0.609. The molecule has 0 saturated carbocycles. The molecule has 0 unspecified atom stereocenters. The zero-order chi connectivity index (χ0) is 23.8. The Balaban J connectivity index is 1.39. The Labute approximate surface area is 196 Å². The third kappa shape index (κ3) is 7.35. The van der Waals surface area contributed by atoms with E-state index in [4.69, 9.17) is 0 Å². The predicted octanol–water partition coefficient (Wildman–Crippen LogP) is 1.10.